The van der Waals surface area contributed by atoms with Crippen LogP contribution >= 0.6 is 0 Å². The third-order valence-corrected chi connectivity index (χ3v) is 5.24. The number of aliphatic hydroxyl groups excluding tert-OH is 1. The van der Waals surface area contributed by atoms with Crippen molar-refractivity contribution < 1.29 is 14.1 Å². The van der Waals surface area contributed by atoms with E-state index in [9.17, 15) is 14.1 Å². The zero-order valence-electron chi connectivity index (χ0n) is 11.9. The van der Waals surface area contributed by atoms with Crippen LogP contribution in [-0.4, -0.2) is 31.8 Å². The van der Waals surface area contributed by atoms with Crippen LogP contribution in [0.2, 0.25) is 0 Å². The molecule has 0 spiro atoms. The van der Waals surface area contributed by atoms with Gasteiger partial charge in [-0.1, -0.05) is 20.8 Å². The summed E-state index contributed by atoms with van der Waals surface area (Å²) in [5.74, 6) is 0.569. The van der Waals surface area contributed by atoms with Gasteiger partial charge in [0.05, 0.1) is 5.57 Å². The van der Waals surface area contributed by atoms with E-state index in [1.807, 2.05) is 13.8 Å². The fraction of sp³-hybridized carbons (Fsp3) is 0.714. The van der Waals surface area contributed by atoms with Gasteiger partial charge in [-0.25, -0.2) is 0 Å². The van der Waals surface area contributed by atoms with Crippen LogP contribution in [0.15, 0.2) is 11.3 Å². The van der Waals surface area contributed by atoms with E-state index in [1.54, 1.807) is 6.92 Å². The Labute approximate surface area is 117 Å². The largest absolute Gasteiger partial charge is 0.511 e. The molecule has 3 unspecified atom stereocenters. The zero-order chi connectivity index (χ0) is 14.6. The first-order valence-corrected chi connectivity index (χ1v) is 8.19. The van der Waals surface area contributed by atoms with Crippen molar-refractivity contribution in [2.75, 3.05) is 5.75 Å². The Hall–Kier alpha value is -0.970. The van der Waals surface area contributed by atoms with Crippen LogP contribution < -0.4 is 0 Å². The summed E-state index contributed by atoms with van der Waals surface area (Å²) in [5, 5.41) is 17.7. The van der Waals surface area contributed by atoms with Crippen LogP contribution in [0.1, 0.15) is 46.5 Å². The average molecular weight is 285 g/mol. The maximum Gasteiger partial charge on any atom is 0.168 e. The highest BCUT2D eigenvalue weighted by Crippen LogP contribution is 2.30. The van der Waals surface area contributed by atoms with Gasteiger partial charge in [-0.15, -0.1) is 0 Å². The van der Waals surface area contributed by atoms with E-state index in [0.717, 1.165) is 0 Å². The number of ketones is 1. The van der Waals surface area contributed by atoms with Gasteiger partial charge in [0, 0.05) is 40.4 Å². The first-order valence-electron chi connectivity index (χ1n) is 6.80. The second-order valence-electron chi connectivity index (χ2n) is 5.07. The van der Waals surface area contributed by atoms with Gasteiger partial charge in [-0.2, -0.15) is 0 Å². The lowest BCUT2D eigenvalue weighted by molar-refractivity contribution is -0.116. The minimum Gasteiger partial charge on any atom is -0.511 e. The maximum atomic E-state index is 12.0. The second kappa shape index (κ2) is 6.98. The first kappa shape index (κ1) is 16.1. The number of Topliss-reactive ketones (excluding diaryl/α,β-unsaturated/α-hetero) is 1. The lowest BCUT2D eigenvalue weighted by Gasteiger charge is -2.25. The average Bonchev–Trinajstić information content (AvgIpc) is 2.36. The standard InChI is InChI=1S/C14H23NO3S/c1-4-11(15)14-12(16)7-10(8-13(14)17)6-9(3)19(18)5-2/h9-10,15-16H,4-8H2,1-3H3. The Morgan fingerprint density at radius 1 is 1.47 bits per heavy atom. The van der Waals surface area contributed by atoms with Crippen molar-refractivity contribution in [3.8, 4) is 0 Å². The Kier molecular flexibility index (Phi) is 5.91. The number of hydrogen-bond acceptors (Lipinski definition) is 4. The second-order valence-corrected chi connectivity index (χ2v) is 7.21. The van der Waals surface area contributed by atoms with Crippen LogP contribution in [0, 0.1) is 11.3 Å². The van der Waals surface area contributed by atoms with Crippen molar-refractivity contribution in [3.63, 3.8) is 0 Å². The predicted octanol–water partition coefficient (Wildman–Crippen LogP) is 2.75. The number of hydrogen-bond donors (Lipinski definition) is 2. The summed E-state index contributed by atoms with van der Waals surface area (Å²) >= 11 is 0. The summed E-state index contributed by atoms with van der Waals surface area (Å²) in [6.07, 6.45) is 1.91. The molecule has 0 aliphatic heterocycles. The molecule has 0 bridgehead atoms. The molecular formula is C14H23NO3S. The molecule has 108 valence electrons. The van der Waals surface area contributed by atoms with Crippen molar-refractivity contribution >= 4 is 22.3 Å². The van der Waals surface area contributed by atoms with Crippen molar-refractivity contribution in [2.45, 2.75) is 51.7 Å². The lowest BCUT2D eigenvalue weighted by atomic mass is 9.82. The molecule has 0 aromatic heterocycles. The minimum absolute atomic E-state index is 0.0441. The number of aliphatic hydroxyl groups is 1. The smallest absolute Gasteiger partial charge is 0.168 e. The number of nitrogens with one attached hydrogen (secondary N) is 1. The molecule has 1 rings (SSSR count). The van der Waals surface area contributed by atoms with Crippen LogP contribution in [0.5, 0.6) is 0 Å². The van der Waals surface area contributed by atoms with E-state index >= 15 is 0 Å². The monoisotopic (exact) mass is 285 g/mol. The summed E-state index contributed by atoms with van der Waals surface area (Å²) < 4.78 is 11.7. The quantitative estimate of drug-likeness (QED) is 0.737. The maximum absolute atomic E-state index is 12.0. The zero-order valence-corrected chi connectivity index (χ0v) is 12.7. The number of allylic oxidation sites excluding steroid dienone is 2. The third kappa shape index (κ3) is 4.00. The molecule has 5 heteroatoms. The van der Waals surface area contributed by atoms with E-state index in [0.29, 0.717) is 31.4 Å². The Morgan fingerprint density at radius 3 is 2.58 bits per heavy atom. The molecular weight excluding hydrogens is 262 g/mol. The normalized spacial score (nSPS) is 23.3. The van der Waals surface area contributed by atoms with E-state index in [1.165, 1.54) is 0 Å². The van der Waals surface area contributed by atoms with Crippen molar-refractivity contribution in [3.05, 3.63) is 11.3 Å². The number of carbonyl (C=O) groups is 1. The highest BCUT2D eigenvalue weighted by molar-refractivity contribution is 7.85. The predicted molar refractivity (Wildman–Crippen MR) is 78.2 cm³/mol. The molecule has 4 nitrogen and oxygen atoms in total. The topological polar surface area (TPSA) is 78.2 Å². The fourth-order valence-corrected chi connectivity index (χ4v) is 3.58. The molecule has 0 saturated carbocycles. The molecule has 0 heterocycles. The lowest BCUT2D eigenvalue weighted by Crippen LogP contribution is -2.27. The van der Waals surface area contributed by atoms with Gasteiger partial charge in [0.25, 0.3) is 0 Å². The third-order valence-electron chi connectivity index (χ3n) is 3.58. The molecule has 0 aromatic rings. The minimum atomic E-state index is -0.866. The summed E-state index contributed by atoms with van der Waals surface area (Å²) in [5.41, 5.74) is 0.425. The van der Waals surface area contributed by atoms with Gasteiger partial charge in [0.1, 0.15) is 5.76 Å². The van der Waals surface area contributed by atoms with Crippen molar-refractivity contribution in [1.82, 2.24) is 0 Å². The molecule has 19 heavy (non-hydrogen) atoms. The van der Waals surface area contributed by atoms with Gasteiger partial charge in [0.15, 0.2) is 5.78 Å². The molecule has 2 N–H and O–H groups in total. The molecule has 0 radical (unpaired) electrons. The molecule has 0 amide bonds. The molecule has 3 atom stereocenters. The highest BCUT2D eigenvalue weighted by atomic mass is 32.2. The molecule has 0 aromatic carbocycles. The van der Waals surface area contributed by atoms with Crippen LogP contribution in [-0.2, 0) is 15.6 Å². The van der Waals surface area contributed by atoms with E-state index in [-0.39, 0.29) is 34.0 Å². The van der Waals surface area contributed by atoms with Gasteiger partial charge in [-0.05, 0) is 18.8 Å². The molecule has 1 aliphatic carbocycles. The van der Waals surface area contributed by atoms with Crippen molar-refractivity contribution in [2.24, 2.45) is 5.92 Å². The van der Waals surface area contributed by atoms with Crippen LogP contribution in [0.25, 0.3) is 0 Å². The highest BCUT2D eigenvalue weighted by Gasteiger charge is 2.30. The Bertz CT molecular complexity index is 428. The van der Waals surface area contributed by atoms with Gasteiger partial charge in [0.2, 0.25) is 0 Å². The van der Waals surface area contributed by atoms with Crippen LogP contribution in [0.3, 0.4) is 0 Å². The molecule has 0 fully saturated rings. The van der Waals surface area contributed by atoms with E-state index in [2.05, 4.69) is 0 Å². The van der Waals surface area contributed by atoms with Gasteiger partial charge >= 0.3 is 0 Å². The summed E-state index contributed by atoms with van der Waals surface area (Å²) in [6, 6.07) is 0. The van der Waals surface area contributed by atoms with Crippen molar-refractivity contribution in [1.29, 1.82) is 5.41 Å². The first-order chi connectivity index (χ1) is 8.90. The molecule has 0 saturated heterocycles. The van der Waals surface area contributed by atoms with E-state index < -0.39 is 10.8 Å². The van der Waals surface area contributed by atoms with Crippen LogP contribution in [0.4, 0.5) is 0 Å². The van der Waals surface area contributed by atoms with Gasteiger partial charge in [-0.3, -0.25) is 9.00 Å². The Morgan fingerprint density at radius 2 is 2.11 bits per heavy atom. The summed E-state index contributed by atoms with van der Waals surface area (Å²) in [4.78, 5) is 12.0. The summed E-state index contributed by atoms with van der Waals surface area (Å²) in [7, 11) is -0.866. The van der Waals surface area contributed by atoms with Gasteiger partial charge < -0.3 is 10.5 Å². The number of rotatable bonds is 6. The molecule has 1 aliphatic rings. The number of carbonyl (C=O) groups excluding carboxylic acids is 1. The SMILES string of the molecule is CCC(=N)C1=C(O)CC(CC(C)S(=O)CC)CC1=O. The Balaban J connectivity index is 2.76. The van der Waals surface area contributed by atoms with E-state index in [4.69, 9.17) is 5.41 Å². The fourth-order valence-electron chi connectivity index (χ4n) is 2.52. The summed E-state index contributed by atoms with van der Waals surface area (Å²) in [6.45, 7) is 5.61.